The van der Waals surface area contributed by atoms with Crippen molar-refractivity contribution in [1.29, 1.82) is 0 Å². The number of nitrogens with one attached hydrogen (secondary N) is 1. The number of nitrogens with zero attached hydrogens (tertiary/aromatic N) is 2. The Bertz CT molecular complexity index is 1380. The van der Waals surface area contributed by atoms with Crippen LogP contribution in [0.1, 0.15) is 18.1 Å². The van der Waals surface area contributed by atoms with E-state index in [2.05, 4.69) is 5.32 Å². The number of carbonyl (C=O) groups excluding carboxylic acids is 2. The van der Waals surface area contributed by atoms with Crippen LogP contribution >= 0.6 is 34.8 Å². The molecule has 37 heavy (non-hydrogen) atoms. The summed E-state index contributed by atoms with van der Waals surface area (Å²) in [6.45, 7) is 2.56. The summed E-state index contributed by atoms with van der Waals surface area (Å²) >= 11 is 18.9. The van der Waals surface area contributed by atoms with Crippen LogP contribution in [0, 0.1) is 6.92 Å². The van der Waals surface area contributed by atoms with Crippen LogP contribution < -0.4 is 9.62 Å². The van der Waals surface area contributed by atoms with Gasteiger partial charge in [-0.1, -0.05) is 65.1 Å². The number of carbonyl (C=O) groups is 2. The molecule has 0 heterocycles. The maximum Gasteiger partial charge on any atom is 0.264 e. The third-order valence-electron chi connectivity index (χ3n) is 5.85. The minimum absolute atomic E-state index is 0.00206. The van der Waals surface area contributed by atoms with Crippen molar-refractivity contribution in [3.05, 3.63) is 92.9 Å². The molecule has 7 nitrogen and oxygen atoms in total. The van der Waals surface area contributed by atoms with Gasteiger partial charge in [0.1, 0.15) is 12.6 Å². The highest BCUT2D eigenvalue weighted by Crippen LogP contribution is 2.31. The maximum atomic E-state index is 13.8. The molecule has 0 aliphatic carbocycles. The quantitative estimate of drug-likeness (QED) is 0.370. The molecule has 0 spiro atoms. The predicted octanol–water partition coefficient (Wildman–Crippen LogP) is 5.31. The average Bonchev–Trinajstić information content (AvgIpc) is 2.88. The summed E-state index contributed by atoms with van der Waals surface area (Å²) in [6, 6.07) is 16.5. The highest BCUT2D eigenvalue weighted by molar-refractivity contribution is 7.92. The molecular weight excluding hydrogens is 557 g/mol. The average molecular weight is 583 g/mol. The van der Waals surface area contributed by atoms with E-state index < -0.39 is 34.4 Å². The molecular formula is C26H26Cl3N3O4S. The smallest absolute Gasteiger partial charge is 0.264 e. The minimum atomic E-state index is -4.19. The van der Waals surface area contributed by atoms with E-state index in [-0.39, 0.29) is 17.1 Å². The summed E-state index contributed by atoms with van der Waals surface area (Å²) in [5, 5.41) is 3.46. The molecule has 0 aliphatic heterocycles. The Morgan fingerprint density at radius 2 is 1.57 bits per heavy atom. The SMILES string of the molecule is CNC(=O)[C@@H](C)N(Cc1c(Cl)cccc1Cl)C(=O)CN(c1cc(Cl)ccc1C)S(=O)(=O)c1ccccc1. The van der Waals surface area contributed by atoms with Crippen LogP contribution in [0.25, 0.3) is 0 Å². The van der Waals surface area contributed by atoms with Crippen LogP contribution in [0.4, 0.5) is 5.69 Å². The van der Waals surface area contributed by atoms with Crippen LogP contribution in [0.2, 0.25) is 15.1 Å². The lowest BCUT2D eigenvalue weighted by Crippen LogP contribution is -2.50. The third-order valence-corrected chi connectivity index (χ3v) is 8.57. The van der Waals surface area contributed by atoms with Gasteiger partial charge in [0.25, 0.3) is 10.0 Å². The largest absolute Gasteiger partial charge is 0.357 e. The van der Waals surface area contributed by atoms with Crippen molar-refractivity contribution in [2.45, 2.75) is 31.3 Å². The summed E-state index contributed by atoms with van der Waals surface area (Å²) in [5.41, 5.74) is 1.27. The number of likely N-dealkylation sites (N-methyl/N-ethyl adjacent to an activating group) is 1. The van der Waals surface area contributed by atoms with Crippen molar-refractivity contribution in [3.63, 3.8) is 0 Å². The van der Waals surface area contributed by atoms with Gasteiger partial charge < -0.3 is 10.2 Å². The van der Waals surface area contributed by atoms with Crippen molar-refractivity contribution in [3.8, 4) is 0 Å². The zero-order valence-electron chi connectivity index (χ0n) is 20.4. The Morgan fingerprint density at radius 3 is 2.16 bits per heavy atom. The molecule has 0 fully saturated rings. The van der Waals surface area contributed by atoms with Crippen molar-refractivity contribution in [2.24, 2.45) is 0 Å². The van der Waals surface area contributed by atoms with Crippen LogP contribution in [-0.4, -0.2) is 44.8 Å². The van der Waals surface area contributed by atoms with Gasteiger partial charge in [0.15, 0.2) is 0 Å². The summed E-state index contributed by atoms with van der Waals surface area (Å²) in [5.74, 6) is -1.07. The predicted molar refractivity (Wildman–Crippen MR) is 148 cm³/mol. The third kappa shape index (κ3) is 6.57. The first kappa shape index (κ1) is 28.8. The van der Waals surface area contributed by atoms with Crippen molar-refractivity contribution in [1.82, 2.24) is 10.2 Å². The lowest BCUT2D eigenvalue weighted by molar-refractivity contribution is -0.139. The topological polar surface area (TPSA) is 86.8 Å². The van der Waals surface area contributed by atoms with Crippen LogP contribution in [-0.2, 0) is 26.2 Å². The van der Waals surface area contributed by atoms with E-state index in [0.29, 0.717) is 26.2 Å². The first-order chi connectivity index (χ1) is 17.5. The first-order valence-electron chi connectivity index (χ1n) is 11.2. The molecule has 0 aromatic heterocycles. The zero-order valence-corrected chi connectivity index (χ0v) is 23.5. The molecule has 1 atom stereocenters. The van der Waals surface area contributed by atoms with Gasteiger partial charge in [-0.25, -0.2) is 8.42 Å². The number of sulfonamides is 1. The Labute approximate surface area is 232 Å². The van der Waals surface area contributed by atoms with Crippen molar-refractivity contribution < 1.29 is 18.0 Å². The van der Waals surface area contributed by atoms with E-state index >= 15 is 0 Å². The van der Waals surface area contributed by atoms with Gasteiger partial charge in [-0.3, -0.25) is 13.9 Å². The molecule has 2 amide bonds. The fourth-order valence-corrected chi connectivity index (χ4v) is 5.90. The fourth-order valence-electron chi connectivity index (χ4n) is 3.73. The van der Waals surface area contributed by atoms with Gasteiger partial charge in [-0.2, -0.15) is 0 Å². The zero-order chi connectivity index (χ0) is 27.3. The maximum absolute atomic E-state index is 13.8. The molecule has 3 aromatic rings. The number of aryl methyl sites for hydroxylation is 1. The Hall–Kier alpha value is -2.78. The lowest BCUT2D eigenvalue weighted by atomic mass is 10.1. The highest BCUT2D eigenvalue weighted by Gasteiger charge is 2.33. The van der Waals surface area contributed by atoms with Gasteiger partial charge in [0, 0.05) is 34.2 Å². The van der Waals surface area contributed by atoms with E-state index in [1.807, 2.05) is 0 Å². The van der Waals surface area contributed by atoms with Gasteiger partial charge in [0.05, 0.1) is 10.6 Å². The molecule has 0 saturated heterocycles. The Morgan fingerprint density at radius 1 is 0.946 bits per heavy atom. The Kier molecular flexibility index (Phi) is 9.47. The number of benzene rings is 3. The van der Waals surface area contributed by atoms with Crippen LogP contribution in [0.15, 0.2) is 71.6 Å². The number of rotatable bonds is 9. The second-order valence-electron chi connectivity index (χ2n) is 8.27. The van der Waals surface area contributed by atoms with Gasteiger partial charge >= 0.3 is 0 Å². The van der Waals surface area contributed by atoms with Gasteiger partial charge in [0.2, 0.25) is 11.8 Å². The molecule has 0 saturated carbocycles. The Balaban J connectivity index is 2.10. The second kappa shape index (κ2) is 12.2. The van der Waals surface area contributed by atoms with Crippen LogP contribution in [0.5, 0.6) is 0 Å². The number of anilines is 1. The summed E-state index contributed by atoms with van der Waals surface area (Å²) in [4.78, 5) is 27.6. The van der Waals surface area contributed by atoms with E-state index in [1.165, 1.54) is 30.1 Å². The molecule has 1 N–H and O–H groups in total. The molecule has 11 heteroatoms. The van der Waals surface area contributed by atoms with E-state index in [1.54, 1.807) is 62.4 Å². The summed E-state index contributed by atoms with van der Waals surface area (Å²) in [7, 11) is -2.74. The lowest BCUT2D eigenvalue weighted by Gasteiger charge is -2.32. The monoisotopic (exact) mass is 581 g/mol. The number of hydrogen-bond donors (Lipinski definition) is 1. The number of amides is 2. The van der Waals surface area contributed by atoms with Crippen molar-refractivity contribution in [2.75, 3.05) is 17.9 Å². The van der Waals surface area contributed by atoms with Crippen LogP contribution in [0.3, 0.4) is 0 Å². The molecule has 0 unspecified atom stereocenters. The van der Waals surface area contributed by atoms with Gasteiger partial charge in [-0.05, 0) is 55.8 Å². The number of halogens is 3. The first-order valence-corrected chi connectivity index (χ1v) is 13.8. The van der Waals surface area contributed by atoms with E-state index in [9.17, 15) is 18.0 Å². The summed E-state index contributed by atoms with van der Waals surface area (Å²) in [6.07, 6.45) is 0. The molecule has 0 bridgehead atoms. The normalized spacial score (nSPS) is 12.1. The molecule has 0 aliphatic rings. The summed E-state index contributed by atoms with van der Waals surface area (Å²) < 4.78 is 28.5. The molecule has 0 radical (unpaired) electrons. The highest BCUT2D eigenvalue weighted by atomic mass is 35.5. The van der Waals surface area contributed by atoms with E-state index in [0.717, 1.165) is 4.31 Å². The standard InChI is InChI=1S/C26H26Cl3N3O4S/c1-17-12-13-19(27)14-24(17)32(37(35,36)20-8-5-4-6-9-20)16-25(33)31(18(2)26(34)30-3)15-21-22(28)10-7-11-23(21)29/h4-14,18H,15-16H2,1-3H3,(H,30,34)/t18-/m1/s1. The van der Waals surface area contributed by atoms with E-state index in [4.69, 9.17) is 34.8 Å². The molecule has 3 rings (SSSR count). The van der Waals surface area contributed by atoms with Crippen molar-refractivity contribution >= 4 is 62.3 Å². The minimum Gasteiger partial charge on any atom is -0.357 e. The fraction of sp³-hybridized carbons (Fsp3) is 0.231. The second-order valence-corrected chi connectivity index (χ2v) is 11.4. The molecule has 3 aromatic carbocycles. The van der Waals surface area contributed by atoms with Gasteiger partial charge in [-0.15, -0.1) is 0 Å². The molecule has 196 valence electrons. The number of hydrogen-bond acceptors (Lipinski definition) is 4.